The SMILES string of the molecule is C=CCc1cccc(C2OC(c3cc(Br)ccc3OCc3ccccc3)=NN2C(C)=O)c1OC(C)=O. The molecule has 4 rings (SSSR count). The number of ether oxygens (including phenoxy) is 3. The van der Waals surface area contributed by atoms with Crippen LogP contribution in [0.25, 0.3) is 0 Å². The smallest absolute Gasteiger partial charge is 0.308 e. The van der Waals surface area contributed by atoms with Crippen molar-refractivity contribution in [1.29, 1.82) is 0 Å². The topological polar surface area (TPSA) is 77.4 Å². The third-order valence-electron chi connectivity index (χ3n) is 5.38. The van der Waals surface area contributed by atoms with Crippen molar-refractivity contribution in [2.75, 3.05) is 0 Å². The first kappa shape index (κ1) is 25.2. The third-order valence-corrected chi connectivity index (χ3v) is 5.87. The summed E-state index contributed by atoms with van der Waals surface area (Å²) in [5, 5.41) is 5.72. The molecule has 0 spiro atoms. The fourth-order valence-electron chi connectivity index (χ4n) is 3.79. The Morgan fingerprint density at radius 3 is 2.58 bits per heavy atom. The van der Waals surface area contributed by atoms with E-state index in [9.17, 15) is 9.59 Å². The predicted molar refractivity (Wildman–Crippen MR) is 139 cm³/mol. The summed E-state index contributed by atoms with van der Waals surface area (Å²) in [6.07, 6.45) is 1.25. The van der Waals surface area contributed by atoms with Crippen molar-refractivity contribution in [2.45, 2.75) is 33.1 Å². The molecule has 36 heavy (non-hydrogen) atoms. The van der Waals surface area contributed by atoms with E-state index in [0.717, 1.165) is 15.6 Å². The second kappa shape index (κ2) is 11.2. The Hall–Kier alpha value is -3.91. The highest BCUT2D eigenvalue weighted by Crippen LogP contribution is 2.39. The normalized spacial score (nSPS) is 14.6. The predicted octanol–water partition coefficient (Wildman–Crippen LogP) is 5.92. The summed E-state index contributed by atoms with van der Waals surface area (Å²) < 4.78 is 18.7. The van der Waals surface area contributed by atoms with Gasteiger partial charge in [0.2, 0.25) is 18.0 Å². The van der Waals surface area contributed by atoms with Gasteiger partial charge >= 0.3 is 5.97 Å². The van der Waals surface area contributed by atoms with Gasteiger partial charge < -0.3 is 14.2 Å². The van der Waals surface area contributed by atoms with Gasteiger partial charge in [0.1, 0.15) is 18.1 Å². The van der Waals surface area contributed by atoms with Gasteiger partial charge in [0.25, 0.3) is 0 Å². The Bertz CT molecular complexity index is 1320. The molecule has 0 aliphatic carbocycles. The molecular weight excluding hydrogens is 524 g/mol. The lowest BCUT2D eigenvalue weighted by molar-refractivity contribution is -0.135. The highest BCUT2D eigenvalue weighted by Gasteiger charge is 2.37. The number of hydrogen-bond donors (Lipinski definition) is 0. The minimum absolute atomic E-state index is 0.211. The van der Waals surface area contributed by atoms with Gasteiger partial charge in [-0.2, -0.15) is 5.01 Å². The Morgan fingerprint density at radius 1 is 1.11 bits per heavy atom. The van der Waals surface area contributed by atoms with Crippen LogP contribution in [0.3, 0.4) is 0 Å². The molecule has 3 aromatic carbocycles. The summed E-state index contributed by atoms with van der Waals surface area (Å²) in [6.45, 7) is 6.85. The number of esters is 1. The number of nitrogens with zero attached hydrogens (tertiary/aromatic N) is 2. The van der Waals surface area contributed by atoms with Crippen molar-refractivity contribution in [1.82, 2.24) is 5.01 Å². The first-order valence-corrected chi connectivity index (χ1v) is 12.1. The molecule has 1 unspecified atom stereocenters. The Morgan fingerprint density at radius 2 is 1.89 bits per heavy atom. The summed E-state index contributed by atoms with van der Waals surface area (Å²) in [4.78, 5) is 24.5. The molecule has 8 heteroatoms. The number of hydrogen-bond acceptors (Lipinski definition) is 6. The summed E-state index contributed by atoms with van der Waals surface area (Å²) in [6, 6.07) is 20.7. The maximum Gasteiger partial charge on any atom is 0.308 e. The zero-order valence-electron chi connectivity index (χ0n) is 19.9. The average molecular weight is 549 g/mol. The zero-order chi connectivity index (χ0) is 25.7. The Balaban J connectivity index is 1.71. The van der Waals surface area contributed by atoms with Crippen molar-refractivity contribution >= 4 is 33.7 Å². The first-order chi connectivity index (χ1) is 17.4. The van der Waals surface area contributed by atoms with Crippen LogP contribution in [0.5, 0.6) is 11.5 Å². The monoisotopic (exact) mass is 548 g/mol. The molecule has 1 aliphatic heterocycles. The molecule has 1 amide bonds. The van der Waals surface area contributed by atoms with Gasteiger partial charge in [-0.05, 0) is 41.8 Å². The van der Waals surface area contributed by atoms with E-state index >= 15 is 0 Å². The number of carbonyl (C=O) groups is 2. The van der Waals surface area contributed by atoms with Crippen LogP contribution in [-0.2, 0) is 27.4 Å². The van der Waals surface area contributed by atoms with Crippen LogP contribution in [0.4, 0.5) is 0 Å². The number of halogens is 1. The maximum atomic E-state index is 12.6. The minimum atomic E-state index is -0.933. The van der Waals surface area contributed by atoms with Crippen LogP contribution < -0.4 is 9.47 Å². The van der Waals surface area contributed by atoms with Crippen LogP contribution >= 0.6 is 15.9 Å². The molecular formula is C28H25BrN2O5. The molecule has 0 fully saturated rings. The van der Waals surface area contributed by atoms with Crippen molar-refractivity contribution < 1.29 is 23.8 Å². The van der Waals surface area contributed by atoms with Crippen LogP contribution in [0.1, 0.15) is 42.3 Å². The molecule has 0 saturated heterocycles. The maximum absolute atomic E-state index is 12.6. The lowest BCUT2D eigenvalue weighted by Crippen LogP contribution is -2.26. The fourth-order valence-corrected chi connectivity index (χ4v) is 4.15. The van der Waals surface area contributed by atoms with E-state index in [-0.39, 0.29) is 11.8 Å². The summed E-state index contributed by atoms with van der Waals surface area (Å²) in [7, 11) is 0. The Labute approximate surface area is 218 Å². The minimum Gasteiger partial charge on any atom is -0.488 e. The zero-order valence-corrected chi connectivity index (χ0v) is 21.5. The molecule has 0 radical (unpaired) electrons. The standard InChI is InChI=1S/C28H25BrN2O5/c1-4-9-21-12-8-13-23(26(21)35-19(3)33)28-31(18(2)32)30-27(36-28)24-16-22(29)14-15-25(24)34-17-20-10-6-5-7-11-20/h4-8,10-16,28H,1,9,17H2,2-3H3. The highest BCUT2D eigenvalue weighted by molar-refractivity contribution is 9.10. The lowest BCUT2D eigenvalue weighted by atomic mass is 10.0. The quantitative estimate of drug-likeness (QED) is 0.198. The molecule has 0 aromatic heterocycles. The van der Waals surface area contributed by atoms with E-state index < -0.39 is 12.2 Å². The number of carbonyl (C=O) groups excluding carboxylic acids is 2. The fraction of sp³-hybridized carbons (Fsp3) is 0.179. The largest absolute Gasteiger partial charge is 0.488 e. The van der Waals surface area contributed by atoms with Crippen molar-refractivity contribution in [3.63, 3.8) is 0 Å². The third kappa shape index (κ3) is 5.66. The van der Waals surface area contributed by atoms with Crippen LogP contribution in [-0.4, -0.2) is 22.8 Å². The molecule has 7 nitrogen and oxygen atoms in total. The summed E-state index contributed by atoms with van der Waals surface area (Å²) >= 11 is 3.50. The lowest BCUT2D eigenvalue weighted by Gasteiger charge is -2.22. The number of hydrazone groups is 1. The van der Waals surface area contributed by atoms with E-state index in [2.05, 4.69) is 27.6 Å². The number of rotatable bonds is 8. The average Bonchev–Trinajstić information content (AvgIpc) is 3.30. The van der Waals surface area contributed by atoms with Gasteiger partial charge in [-0.1, -0.05) is 64.5 Å². The summed E-state index contributed by atoms with van der Waals surface area (Å²) in [5.41, 5.74) is 2.83. The molecule has 0 saturated carbocycles. The molecule has 184 valence electrons. The number of allylic oxidation sites excluding steroid dienone is 1. The van der Waals surface area contributed by atoms with Gasteiger partial charge in [-0.3, -0.25) is 9.59 Å². The molecule has 1 atom stereocenters. The number of amides is 1. The van der Waals surface area contributed by atoms with E-state index in [0.29, 0.717) is 35.7 Å². The van der Waals surface area contributed by atoms with Gasteiger partial charge in [0.05, 0.1) is 11.1 Å². The van der Waals surface area contributed by atoms with Gasteiger partial charge in [0, 0.05) is 18.3 Å². The van der Waals surface area contributed by atoms with Gasteiger partial charge in [0.15, 0.2) is 0 Å². The molecule has 0 N–H and O–H groups in total. The number of benzene rings is 3. The Kier molecular flexibility index (Phi) is 7.85. The van der Waals surface area contributed by atoms with Crippen molar-refractivity contribution in [3.05, 3.63) is 106 Å². The van der Waals surface area contributed by atoms with Crippen molar-refractivity contribution in [3.8, 4) is 11.5 Å². The van der Waals surface area contributed by atoms with Crippen LogP contribution in [0, 0.1) is 0 Å². The molecule has 1 heterocycles. The van der Waals surface area contributed by atoms with Crippen LogP contribution in [0.15, 0.2) is 89.0 Å². The highest BCUT2D eigenvalue weighted by atomic mass is 79.9. The van der Waals surface area contributed by atoms with E-state index in [1.165, 1.54) is 18.9 Å². The van der Waals surface area contributed by atoms with Gasteiger partial charge in [-0.25, -0.2) is 0 Å². The van der Waals surface area contributed by atoms with Crippen LogP contribution in [0.2, 0.25) is 0 Å². The van der Waals surface area contributed by atoms with E-state index in [4.69, 9.17) is 14.2 Å². The molecule has 0 bridgehead atoms. The second-order valence-electron chi connectivity index (χ2n) is 8.08. The second-order valence-corrected chi connectivity index (χ2v) is 8.99. The summed E-state index contributed by atoms with van der Waals surface area (Å²) in [5.74, 6) is 0.268. The first-order valence-electron chi connectivity index (χ1n) is 11.3. The van der Waals surface area contributed by atoms with E-state index in [1.807, 2.05) is 60.7 Å². The molecule has 3 aromatic rings. The molecule has 1 aliphatic rings. The van der Waals surface area contributed by atoms with E-state index in [1.54, 1.807) is 12.1 Å². The van der Waals surface area contributed by atoms with Crippen molar-refractivity contribution in [2.24, 2.45) is 5.10 Å². The van der Waals surface area contributed by atoms with Gasteiger partial charge in [-0.15, -0.1) is 11.7 Å². The number of para-hydroxylation sites is 1.